The SMILES string of the molecule is CCNC(C)c1ccc(Sc2nc(C)c(C)o2)nc1. The topological polar surface area (TPSA) is 51.0 Å². The van der Waals surface area contributed by atoms with E-state index in [1.807, 2.05) is 26.1 Å². The van der Waals surface area contributed by atoms with Crippen molar-refractivity contribution < 1.29 is 4.42 Å². The fourth-order valence-electron chi connectivity index (χ4n) is 1.71. The van der Waals surface area contributed by atoms with Crippen LogP contribution in [0.25, 0.3) is 0 Å². The van der Waals surface area contributed by atoms with Crippen LogP contribution in [0.15, 0.2) is 33.0 Å². The van der Waals surface area contributed by atoms with Crippen molar-refractivity contribution in [1.82, 2.24) is 15.3 Å². The first-order valence-electron chi connectivity index (χ1n) is 6.41. The predicted octanol–water partition coefficient (Wildman–Crippen LogP) is 3.51. The lowest BCUT2D eigenvalue weighted by atomic mass is 10.1. The van der Waals surface area contributed by atoms with Crippen molar-refractivity contribution in [1.29, 1.82) is 0 Å². The maximum Gasteiger partial charge on any atom is 0.262 e. The van der Waals surface area contributed by atoms with Gasteiger partial charge in [0.1, 0.15) is 10.8 Å². The minimum atomic E-state index is 0.322. The predicted molar refractivity (Wildman–Crippen MR) is 76.4 cm³/mol. The van der Waals surface area contributed by atoms with Crippen LogP contribution < -0.4 is 5.32 Å². The van der Waals surface area contributed by atoms with Crippen molar-refractivity contribution in [2.24, 2.45) is 0 Å². The summed E-state index contributed by atoms with van der Waals surface area (Å²) < 4.78 is 5.53. The van der Waals surface area contributed by atoms with Gasteiger partial charge in [-0.25, -0.2) is 9.97 Å². The molecule has 2 heterocycles. The van der Waals surface area contributed by atoms with Crippen LogP contribution in [0.2, 0.25) is 0 Å². The highest BCUT2D eigenvalue weighted by atomic mass is 32.2. The standard InChI is InChI=1S/C14H19N3OS/c1-5-15-10(3)12-6-7-13(16-8-12)19-14-17-9(2)11(4)18-14/h6-8,10,15H,5H2,1-4H3. The maximum absolute atomic E-state index is 5.53. The first kappa shape index (κ1) is 14.1. The molecule has 1 N–H and O–H groups in total. The van der Waals surface area contributed by atoms with Gasteiger partial charge >= 0.3 is 0 Å². The van der Waals surface area contributed by atoms with Gasteiger partial charge in [-0.1, -0.05) is 13.0 Å². The molecule has 1 unspecified atom stereocenters. The Morgan fingerprint density at radius 3 is 2.68 bits per heavy atom. The summed E-state index contributed by atoms with van der Waals surface area (Å²) in [4.78, 5) is 8.78. The van der Waals surface area contributed by atoms with E-state index >= 15 is 0 Å². The fraction of sp³-hybridized carbons (Fsp3) is 0.429. The molecule has 2 rings (SSSR count). The molecule has 1 atom stereocenters. The summed E-state index contributed by atoms with van der Waals surface area (Å²) in [5.74, 6) is 0.861. The molecule has 0 saturated carbocycles. The number of nitrogens with zero attached hydrogens (tertiary/aromatic N) is 2. The van der Waals surface area contributed by atoms with Crippen LogP contribution in [0.1, 0.15) is 36.9 Å². The summed E-state index contributed by atoms with van der Waals surface area (Å²) >= 11 is 1.45. The van der Waals surface area contributed by atoms with E-state index in [1.165, 1.54) is 17.3 Å². The zero-order valence-electron chi connectivity index (χ0n) is 11.7. The monoisotopic (exact) mass is 277 g/mol. The van der Waals surface area contributed by atoms with Gasteiger partial charge in [-0.2, -0.15) is 0 Å². The number of pyridine rings is 1. The van der Waals surface area contributed by atoms with Gasteiger partial charge in [-0.3, -0.25) is 0 Å². The van der Waals surface area contributed by atoms with Crippen LogP contribution in [-0.4, -0.2) is 16.5 Å². The smallest absolute Gasteiger partial charge is 0.262 e. The zero-order valence-corrected chi connectivity index (χ0v) is 12.5. The lowest BCUT2D eigenvalue weighted by Gasteiger charge is -2.12. The minimum absolute atomic E-state index is 0.322. The van der Waals surface area contributed by atoms with Gasteiger partial charge in [0.15, 0.2) is 0 Å². The summed E-state index contributed by atoms with van der Waals surface area (Å²) in [5.41, 5.74) is 2.12. The molecule has 5 heteroatoms. The van der Waals surface area contributed by atoms with Crippen molar-refractivity contribution >= 4 is 11.8 Å². The quantitative estimate of drug-likeness (QED) is 0.906. The van der Waals surface area contributed by atoms with E-state index in [4.69, 9.17) is 4.42 Å². The average Bonchev–Trinajstić information content (AvgIpc) is 2.69. The molecule has 0 aromatic carbocycles. The van der Waals surface area contributed by atoms with Crippen LogP contribution in [0.3, 0.4) is 0 Å². The summed E-state index contributed by atoms with van der Waals surface area (Å²) in [5, 5.41) is 4.91. The number of rotatable bonds is 5. The Bertz CT molecular complexity index is 517. The molecule has 4 nitrogen and oxygen atoms in total. The second-order valence-corrected chi connectivity index (χ2v) is 5.40. The number of hydrogen-bond donors (Lipinski definition) is 1. The van der Waals surface area contributed by atoms with E-state index in [-0.39, 0.29) is 0 Å². The Kier molecular flexibility index (Phi) is 4.61. The molecule has 0 aliphatic rings. The van der Waals surface area contributed by atoms with E-state index in [9.17, 15) is 0 Å². The van der Waals surface area contributed by atoms with Crippen LogP contribution in [0.4, 0.5) is 0 Å². The van der Waals surface area contributed by atoms with Crippen LogP contribution >= 0.6 is 11.8 Å². The normalized spacial score (nSPS) is 12.6. The number of aromatic nitrogens is 2. The van der Waals surface area contributed by atoms with E-state index in [1.54, 1.807) is 0 Å². The minimum Gasteiger partial charge on any atom is -0.436 e. The summed E-state index contributed by atoms with van der Waals surface area (Å²) in [6.07, 6.45) is 1.90. The van der Waals surface area contributed by atoms with E-state index in [0.29, 0.717) is 11.3 Å². The molecule has 0 aliphatic carbocycles. The molecule has 2 aromatic heterocycles. The highest BCUT2D eigenvalue weighted by Gasteiger charge is 2.09. The average molecular weight is 277 g/mol. The highest BCUT2D eigenvalue weighted by molar-refractivity contribution is 7.99. The second-order valence-electron chi connectivity index (χ2n) is 4.43. The first-order chi connectivity index (χ1) is 9.10. The Balaban J connectivity index is 2.06. The van der Waals surface area contributed by atoms with Crippen molar-refractivity contribution in [3.05, 3.63) is 35.3 Å². The highest BCUT2D eigenvalue weighted by Crippen LogP contribution is 2.27. The van der Waals surface area contributed by atoms with Gasteiger partial charge in [0.25, 0.3) is 5.22 Å². The lowest BCUT2D eigenvalue weighted by Crippen LogP contribution is -2.17. The van der Waals surface area contributed by atoms with Crippen molar-refractivity contribution in [3.63, 3.8) is 0 Å². The summed E-state index contributed by atoms with van der Waals surface area (Å²) in [6.45, 7) is 9.04. The molecule has 0 aliphatic heterocycles. The number of nitrogens with one attached hydrogen (secondary N) is 1. The number of oxazole rings is 1. The number of aryl methyl sites for hydroxylation is 2. The van der Waals surface area contributed by atoms with Crippen LogP contribution in [0, 0.1) is 13.8 Å². The van der Waals surface area contributed by atoms with Gasteiger partial charge in [0.05, 0.1) is 5.69 Å². The van der Waals surface area contributed by atoms with Crippen molar-refractivity contribution in [3.8, 4) is 0 Å². The summed E-state index contributed by atoms with van der Waals surface area (Å²) in [7, 11) is 0. The van der Waals surface area contributed by atoms with E-state index < -0.39 is 0 Å². The van der Waals surface area contributed by atoms with Gasteiger partial charge in [-0.15, -0.1) is 0 Å². The van der Waals surface area contributed by atoms with Gasteiger partial charge in [-0.05, 0) is 50.7 Å². The fourth-order valence-corrected chi connectivity index (χ4v) is 2.48. The number of hydrogen-bond acceptors (Lipinski definition) is 5. The molecule has 0 bridgehead atoms. The Morgan fingerprint density at radius 2 is 2.16 bits per heavy atom. The Morgan fingerprint density at radius 1 is 1.37 bits per heavy atom. The lowest BCUT2D eigenvalue weighted by molar-refractivity contribution is 0.431. The Labute approximate surface area is 118 Å². The van der Waals surface area contributed by atoms with E-state index in [0.717, 1.165) is 23.0 Å². The third kappa shape index (κ3) is 3.58. The largest absolute Gasteiger partial charge is 0.436 e. The molecule has 0 spiro atoms. The van der Waals surface area contributed by atoms with Crippen LogP contribution in [-0.2, 0) is 0 Å². The maximum atomic E-state index is 5.53. The van der Waals surface area contributed by atoms with Crippen LogP contribution in [0.5, 0.6) is 0 Å². The van der Waals surface area contributed by atoms with Gasteiger partial charge in [0.2, 0.25) is 0 Å². The molecular formula is C14H19N3OS. The molecular weight excluding hydrogens is 258 g/mol. The Hall–Kier alpha value is -1.33. The zero-order chi connectivity index (χ0) is 13.8. The molecule has 2 aromatic rings. The van der Waals surface area contributed by atoms with Crippen molar-refractivity contribution in [2.75, 3.05) is 6.54 Å². The molecule has 0 fully saturated rings. The molecule has 102 valence electrons. The van der Waals surface area contributed by atoms with Gasteiger partial charge in [0, 0.05) is 12.2 Å². The third-order valence-corrected chi connectivity index (χ3v) is 3.77. The molecule has 0 radical (unpaired) electrons. The first-order valence-corrected chi connectivity index (χ1v) is 7.23. The molecule has 0 amide bonds. The molecule has 19 heavy (non-hydrogen) atoms. The second kappa shape index (κ2) is 6.21. The molecule has 0 saturated heterocycles. The van der Waals surface area contributed by atoms with E-state index in [2.05, 4.69) is 35.2 Å². The van der Waals surface area contributed by atoms with Gasteiger partial charge < -0.3 is 9.73 Å². The van der Waals surface area contributed by atoms with Crippen molar-refractivity contribution in [2.45, 2.75) is 44.0 Å². The third-order valence-electron chi connectivity index (χ3n) is 2.97. The summed E-state index contributed by atoms with van der Waals surface area (Å²) in [6, 6.07) is 4.41.